The van der Waals surface area contributed by atoms with Crippen molar-refractivity contribution in [3.05, 3.63) is 0 Å². The first kappa shape index (κ1) is 29.0. The molecular formula is C22H44O7Si. The van der Waals surface area contributed by atoms with E-state index in [-0.39, 0.29) is 5.04 Å². The lowest BCUT2D eigenvalue weighted by molar-refractivity contribution is -0.182. The Balaban J connectivity index is 4.84. The fraction of sp³-hybridized carbons (Fsp3) is 0.909. The van der Waals surface area contributed by atoms with Gasteiger partial charge < -0.3 is 24.1 Å². The van der Waals surface area contributed by atoms with Gasteiger partial charge in [-0.15, -0.1) is 0 Å². The van der Waals surface area contributed by atoms with E-state index in [0.29, 0.717) is 25.9 Å². The highest BCUT2D eigenvalue weighted by molar-refractivity contribution is 6.74. The van der Waals surface area contributed by atoms with Crippen LogP contribution in [0.4, 0.5) is 0 Å². The Morgan fingerprint density at radius 2 is 1.50 bits per heavy atom. The summed E-state index contributed by atoms with van der Waals surface area (Å²) in [6.45, 7) is 16.1. The van der Waals surface area contributed by atoms with E-state index in [0.717, 1.165) is 19.3 Å². The van der Waals surface area contributed by atoms with Gasteiger partial charge in [0.25, 0.3) is 0 Å². The number of unbranched alkanes of at least 4 members (excludes halogenated alkanes) is 2. The van der Waals surface area contributed by atoms with Gasteiger partial charge in [0.2, 0.25) is 0 Å². The second-order valence-electron chi connectivity index (χ2n) is 9.53. The number of carbonyl (C=O) groups is 2. The first-order valence-corrected chi connectivity index (χ1v) is 14.0. The maximum absolute atomic E-state index is 11.6. The van der Waals surface area contributed by atoms with E-state index in [4.69, 9.17) is 13.9 Å². The van der Waals surface area contributed by atoms with Gasteiger partial charge in [0.15, 0.2) is 14.4 Å². The number of rotatable bonds is 14. The standard InChI is InChI=1S/C22H44O7Si/c1-9-10-14-19(28-16(2)23)21(29-17(3)24)20(26)18(25)13-11-12-15-27-30(7,8)22(4,5)6/h18-21,25-26H,9-15H2,1-8H3/t18-,19-,20-,21+/m0/s1. The SMILES string of the molecule is CCCC[C@H](OC(C)=O)[C@@H](OC(C)=O)[C@@H](O)[C@@H](O)CCCCO[Si](C)(C)C(C)(C)C. The Bertz CT molecular complexity index is 516. The van der Waals surface area contributed by atoms with Gasteiger partial charge in [0.05, 0.1) is 6.10 Å². The Kier molecular flexibility index (Phi) is 13.0. The average molecular weight is 449 g/mol. The summed E-state index contributed by atoms with van der Waals surface area (Å²) in [5, 5.41) is 21.3. The molecule has 0 saturated carbocycles. The van der Waals surface area contributed by atoms with Gasteiger partial charge in [-0.1, -0.05) is 34.1 Å². The number of aliphatic hydroxyl groups excluding tert-OH is 2. The molecule has 8 heteroatoms. The third-order valence-corrected chi connectivity index (χ3v) is 10.3. The van der Waals surface area contributed by atoms with E-state index >= 15 is 0 Å². The number of hydrogen-bond donors (Lipinski definition) is 2. The summed E-state index contributed by atoms with van der Waals surface area (Å²) >= 11 is 0. The van der Waals surface area contributed by atoms with Crippen molar-refractivity contribution < 1.29 is 33.7 Å². The zero-order valence-corrected chi connectivity index (χ0v) is 21.2. The lowest BCUT2D eigenvalue weighted by Gasteiger charge is -2.36. The summed E-state index contributed by atoms with van der Waals surface area (Å²) in [6, 6.07) is 0. The highest BCUT2D eigenvalue weighted by Crippen LogP contribution is 2.36. The number of ether oxygens (including phenoxy) is 2. The van der Waals surface area contributed by atoms with Gasteiger partial charge in [-0.05, 0) is 50.2 Å². The summed E-state index contributed by atoms with van der Waals surface area (Å²) in [6.07, 6.45) is -0.531. The molecule has 0 aromatic carbocycles. The monoisotopic (exact) mass is 448 g/mol. The second kappa shape index (κ2) is 13.4. The second-order valence-corrected chi connectivity index (χ2v) is 14.3. The van der Waals surface area contributed by atoms with Crippen LogP contribution in [0.2, 0.25) is 18.1 Å². The Morgan fingerprint density at radius 1 is 0.933 bits per heavy atom. The zero-order valence-electron chi connectivity index (χ0n) is 20.2. The van der Waals surface area contributed by atoms with E-state index < -0.39 is 44.7 Å². The van der Waals surface area contributed by atoms with Crippen molar-refractivity contribution in [2.24, 2.45) is 0 Å². The van der Waals surface area contributed by atoms with E-state index in [1.165, 1.54) is 13.8 Å². The van der Waals surface area contributed by atoms with Gasteiger partial charge >= 0.3 is 11.9 Å². The molecule has 0 aliphatic heterocycles. The van der Waals surface area contributed by atoms with Crippen LogP contribution in [0.5, 0.6) is 0 Å². The van der Waals surface area contributed by atoms with Gasteiger partial charge in [-0.25, -0.2) is 0 Å². The van der Waals surface area contributed by atoms with Crippen LogP contribution in [0.3, 0.4) is 0 Å². The molecule has 0 heterocycles. The molecule has 0 aromatic heterocycles. The molecule has 0 rings (SSSR count). The molecule has 0 aromatic rings. The lowest BCUT2D eigenvalue weighted by Crippen LogP contribution is -2.48. The van der Waals surface area contributed by atoms with Crippen LogP contribution in [-0.2, 0) is 23.5 Å². The molecule has 0 spiro atoms. The largest absolute Gasteiger partial charge is 0.458 e. The minimum atomic E-state index is -1.80. The summed E-state index contributed by atoms with van der Waals surface area (Å²) in [4.78, 5) is 23.0. The molecule has 0 aliphatic carbocycles. The van der Waals surface area contributed by atoms with Crippen molar-refractivity contribution in [2.75, 3.05) is 6.61 Å². The molecule has 0 saturated heterocycles. The van der Waals surface area contributed by atoms with Crippen molar-refractivity contribution in [1.29, 1.82) is 0 Å². The maximum Gasteiger partial charge on any atom is 0.303 e. The zero-order chi connectivity index (χ0) is 23.5. The molecule has 30 heavy (non-hydrogen) atoms. The molecule has 0 radical (unpaired) electrons. The molecule has 0 bridgehead atoms. The van der Waals surface area contributed by atoms with Crippen molar-refractivity contribution >= 4 is 20.3 Å². The first-order chi connectivity index (χ1) is 13.7. The van der Waals surface area contributed by atoms with Crippen LogP contribution in [0, 0.1) is 0 Å². The van der Waals surface area contributed by atoms with E-state index in [1.807, 2.05) is 6.92 Å². The highest BCUT2D eigenvalue weighted by atomic mass is 28.4. The van der Waals surface area contributed by atoms with Crippen LogP contribution in [0.25, 0.3) is 0 Å². The number of aliphatic hydroxyl groups is 2. The fourth-order valence-electron chi connectivity index (χ4n) is 2.85. The summed E-state index contributed by atoms with van der Waals surface area (Å²) in [5.41, 5.74) is 0. The van der Waals surface area contributed by atoms with Crippen molar-refractivity contribution in [3.8, 4) is 0 Å². The molecule has 0 aliphatic rings. The third kappa shape index (κ3) is 10.9. The van der Waals surface area contributed by atoms with Crippen LogP contribution < -0.4 is 0 Å². The normalized spacial score (nSPS) is 16.5. The molecule has 2 N–H and O–H groups in total. The van der Waals surface area contributed by atoms with Gasteiger partial charge in [-0.2, -0.15) is 0 Å². The smallest absolute Gasteiger partial charge is 0.303 e. The average Bonchev–Trinajstić information content (AvgIpc) is 2.60. The molecule has 0 unspecified atom stereocenters. The quantitative estimate of drug-likeness (QED) is 0.236. The first-order valence-electron chi connectivity index (χ1n) is 11.1. The molecular weight excluding hydrogens is 404 g/mol. The highest BCUT2D eigenvalue weighted by Gasteiger charge is 2.38. The van der Waals surface area contributed by atoms with Gasteiger partial charge in [-0.3, -0.25) is 9.59 Å². The van der Waals surface area contributed by atoms with Crippen LogP contribution in [0.15, 0.2) is 0 Å². The van der Waals surface area contributed by atoms with Crippen molar-refractivity contribution in [3.63, 3.8) is 0 Å². The Morgan fingerprint density at radius 3 is 1.97 bits per heavy atom. The number of carbonyl (C=O) groups excluding carboxylic acids is 2. The van der Waals surface area contributed by atoms with Crippen molar-refractivity contribution in [2.45, 2.75) is 123 Å². The molecule has 0 amide bonds. The van der Waals surface area contributed by atoms with Crippen LogP contribution in [0.1, 0.15) is 80.1 Å². The Hall–Kier alpha value is -0.963. The summed E-state index contributed by atoms with van der Waals surface area (Å²) < 4.78 is 16.7. The predicted molar refractivity (Wildman–Crippen MR) is 120 cm³/mol. The minimum absolute atomic E-state index is 0.143. The van der Waals surface area contributed by atoms with Gasteiger partial charge in [0.1, 0.15) is 12.2 Å². The summed E-state index contributed by atoms with van der Waals surface area (Å²) in [7, 11) is -1.80. The van der Waals surface area contributed by atoms with E-state index in [2.05, 4.69) is 33.9 Å². The van der Waals surface area contributed by atoms with Crippen molar-refractivity contribution in [1.82, 2.24) is 0 Å². The maximum atomic E-state index is 11.6. The molecule has 4 atom stereocenters. The topological polar surface area (TPSA) is 102 Å². The number of esters is 2. The third-order valence-electron chi connectivity index (χ3n) is 5.72. The van der Waals surface area contributed by atoms with Crippen LogP contribution in [-0.4, -0.2) is 61.5 Å². The van der Waals surface area contributed by atoms with E-state index in [1.54, 1.807) is 0 Å². The predicted octanol–water partition coefficient (Wildman–Crippen LogP) is 3.95. The molecule has 0 fully saturated rings. The Labute approximate surface area is 183 Å². The number of hydrogen-bond acceptors (Lipinski definition) is 7. The lowest BCUT2D eigenvalue weighted by atomic mass is 9.96. The molecule has 178 valence electrons. The molecule has 7 nitrogen and oxygen atoms in total. The van der Waals surface area contributed by atoms with Gasteiger partial charge in [0, 0.05) is 20.5 Å². The summed E-state index contributed by atoms with van der Waals surface area (Å²) in [5.74, 6) is -1.11. The minimum Gasteiger partial charge on any atom is -0.458 e. The van der Waals surface area contributed by atoms with Crippen LogP contribution >= 0.6 is 0 Å². The fourth-order valence-corrected chi connectivity index (χ4v) is 3.94. The van der Waals surface area contributed by atoms with E-state index in [9.17, 15) is 19.8 Å².